The van der Waals surface area contributed by atoms with Gasteiger partial charge in [0.2, 0.25) is 0 Å². The zero-order valence-corrected chi connectivity index (χ0v) is 17.8. The van der Waals surface area contributed by atoms with Crippen LogP contribution in [0.15, 0.2) is 55.1 Å². The maximum Gasteiger partial charge on any atom is 0.326 e. The minimum Gasteiger partial charge on any atom is -0.493 e. The quantitative estimate of drug-likeness (QED) is 0.569. The van der Waals surface area contributed by atoms with Crippen LogP contribution < -0.4 is 9.64 Å². The summed E-state index contributed by atoms with van der Waals surface area (Å²) < 4.78 is 5.88. The number of allylic oxidation sites excluding steroid dienone is 3. The lowest BCUT2D eigenvalue weighted by Gasteiger charge is -2.19. The molecule has 1 aromatic carbocycles. The highest BCUT2D eigenvalue weighted by molar-refractivity contribution is 5.93. The molecule has 0 atom stereocenters. The second-order valence-electron chi connectivity index (χ2n) is 8.01. The first kappa shape index (κ1) is 20.2. The summed E-state index contributed by atoms with van der Waals surface area (Å²) in [4.78, 5) is 21.3. The van der Waals surface area contributed by atoms with Gasteiger partial charge in [0.1, 0.15) is 11.6 Å². The summed E-state index contributed by atoms with van der Waals surface area (Å²) in [7, 11) is 0. The van der Waals surface area contributed by atoms with Gasteiger partial charge in [0, 0.05) is 30.9 Å². The monoisotopic (exact) mass is 403 g/mol. The van der Waals surface area contributed by atoms with Gasteiger partial charge in [-0.3, -0.25) is 4.90 Å². The molecule has 4 rings (SSSR count). The van der Waals surface area contributed by atoms with Gasteiger partial charge in [0.25, 0.3) is 0 Å². The summed E-state index contributed by atoms with van der Waals surface area (Å²) in [5, 5.41) is 0. The molecular formula is C25H29N3O2. The van der Waals surface area contributed by atoms with Crippen LogP contribution in [0, 0.1) is 12.8 Å². The first-order valence-corrected chi connectivity index (χ1v) is 10.6. The number of hydrogen-bond donors (Lipinski definition) is 0. The number of urea groups is 1. The van der Waals surface area contributed by atoms with Gasteiger partial charge in [-0.05, 0) is 68.0 Å². The summed E-state index contributed by atoms with van der Waals surface area (Å²) in [6, 6.07) is 12.0. The zero-order chi connectivity index (χ0) is 21.1. The lowest BCUT2D eigenvalue weighted by atomic mass is 10.0. The molecular weight excluding hydrogens is 374 g/mol. The Kier molecular flexibility index (Phi) is 5.88. The van der Waals surface area contributed by atoms with Crippen LogP contribution in [0.25, 0.3) is 5.57 Å². The normalized spacial score (nSPS) is 16.9. The third-order valence-electron chi connectivity index (χ3n) is 5.74. The second-order valence-corrected chi connectivity index (χ2v) is 8.01. The van der Waals surface area contributed by atoms with Gasteiger partial charge < -0.3 is 9.64 Å². The maximum absolute atomic E-state index is 13.0. The van der Waals surface area contributed by atoms with E-state index in [0.717, 1.165) is 40.7 Å². The Labute approximate surface area is 178 Å². The number of amides is 2. The molecule has 1 aliphatic carbocycles. The molecule has 156 valence electrons. The molecule has 0 bridgehead atoms. The summed E-state index contributed by atoms with van der Waals surface area (Å²) in [5.41, 5.74) is 4.07. The molecule has 0 unspecified atom stereocenters. The molecule has 5 nitrogen and oxygen atoms in total. The van der Waals surface area contributed by atoms with Crippen LogP contribution >= 0.6 is 0 Å². The number of aryl methyl sites for hydroxylation is 1. The van der Waals surface area contributed by atoms with Crippen LogP contribution in [-0.2, 0) is 6.54 Å². The van der Waals surface area contributed by atoms with Crippen LogP contribution in [0.1, 0.15) is 36.6 Å². The Balaban J connectivity index is 1.43. The molecule has 0 N–H and O–H groups in total. The van der Waals surface area contributed by atoms with Gasteiger partial charge in [-0.15, -0.1) is 0 Å². The van der Waals surface area contributed by atoms with Crippen molar-refractivity contribution < 1.29 is 9.53 Å². The number of ether oxygens (including phenoxy) is 1. The molecule has 0 spiro atoms. The number of aromatic nitrogens is 1. The first-order valence-electron chi connectivity index (χ1n) is 10.6. The SMILES string of the molecule is C=C/C(=C\C)c1ccc(N2CCN(Cc3cccc(OCC4CC4)c3)C2=O)nc1C. The Morgan fingerprint density at radius 3 is 2.80 bits per heavy atom. The number of pyridine rings is 1. The highest BCUT2D eigenvalue weighted by Gasteiger charge is 2.30. The Bertz CT molecular complexity index is 978. The van der Waals surface area contributed by atoms with Crippen molar-refractivity contribution in [1.82, 2.24) is 9.88 Å². The van der Waals surface area contributed by atoms with Crippen molar-refractivity contribution >= 4 is 17.4 Å². The van der Waals surface area contributed by atoms with E-state index in [2.05, 4.69) is 6.58 Å². The van der Waals surface area contributed by atoms with Crippen molar-refractivity contribution in [3.05, 3.63) is 72.0 Å². The van der Waals surface area contributed by atoms with Crippen LogP contribution in [0.3, 0.4) is 0 Å². The highest BCUT2D eigenvalue weighted by Crippen LogP contribution is 2.30. The van der Waals surface area contributed by atoms with E-state index in [1.165, 1.54) is 12.8 Å². The van der Waals surface area contributed by atoms with E-state index in [0.29, 0.717) is 25.5 Å². The van der Waals surface area contributed by atoms with Crippen molar-refractivity contribution in [2.45, 2.75) is 33.2 Å². The van der Waals surface area contributed by atoms with Gasteiger partial charge in [-0.1, -0.05) is 30.9 Å². The fraction of sp³-hybridized carbons (Fsp3) is 0.360. The van der Waals surface area contributed by atoms with Gasteiger partial charge in [0.05, 0.1) is 6.61 Å². The molecule has 1 aromatic heterocycles. The van der Waals surface area contributed by atoms with Crippen molar-refractivity contribution in [3.63, 3.8) is 0 Å². The van der Waals surface area contributed by atoms with Crippen molar-refractivity contribution in [2.75, 3.05) is 24.6 Å². The fourth-order valence-corrected chi connectivity index (χ4v) is 3.78. The standard InChI is InChI=1S/C25H29N3O2/c1-4-21(5-2)23-11-12-24(26-18(23)3)28-14-13-27(25(28)29)16-20-7-6-8-22(15-20)30-17-19-9-10-19/h4-8,11-12,15,19H,1,9-10,13-14,16-17H2,2-3H3/b21-5+. The zero-order valence-electron chi connectivity index (χ0n) is 17.8. The average molecular weight is 404 g/mol. The number of nitrogens with zero attached hydrogens (tertiary/aromatic N) is 3. The number of anilines is 1. The molecule has 2 aliphatic rings. The molecule has 2 heterocycles. The second kappa shape index (κ2) is 8.74. The van der Waals surface area contributed by atoms with Crippen LogP contribution in [0.4, 0.5) is 10.6 Å². The summed E-state index contributed by atoms with van der Waals surface area (Å²) >= 11 is 0. The average Bonchev–Trinajstić information content (AvgIpc) is 3.52. The number of hydrogen-bond acceptors (Lipinski definition) is 3. The smallest absolute Gasteiger partial charge is 0.326 e. The van der Waals surface area contributed by atoms with Gasteiger partial charge in [-0.2, -0.15) is 0 Å². The molecule has 30 heavy (non-hydrogen) atoms. The lowest BCUT2D eigenvalue weighted by Crippen LogP contribution is -2.32. The van der Waals surface area contributed by atoms with E-state index in [1.807, 2.05) is 67.3 Å². The largest absolute Gasteiger partial charge is 0.493 e. The third-order valence-corrected chi connectivity index (χ3v) is 5.74. The Morgan fingerprint density at radius 1 is 1.27 bits per heavy atom. The van der Waals surface area contributed by atoms with Crippen LogP contribution in [-0.4, -0.2) is 35.6 Å². The minimum absolute atomic E-state index is 0.00562. The number of carbonyl (C=O) groups is 1. The summed E-state index contributed by atoms with van der Waals surface area (Å²) in [6.45, 7) is 10.5. The molecule has 2 amide bonds. The van der Waals surface area contributed by atoms with E-state index in [-0.39, 0.29) is 6.03 Å². The summed E-state index contributed by atoms with van der Waals surface area (Å²) in [6.07, 6.45) is 6.39. The molecule has 2 aromatic rings. The maximum atomic E-state index is 13.0. The van der Waals surface area contributed by atoms with Gasteiger partial charge >= 0.3 is 6.03 Å². The minimum atomic E-state index is -0.00562. The predicted octanol–water partition coefficient (Wildman–Crippen LogP) is 5.21. The van der Waals surface area contributed by atoms with Crippen LogP contribution in [0.2, 0.25) is 0 Å². The topological polar surface area (TPSA) is 45.7 Å². The number of rotatable bonds is 8. The van der Waals surface area contributed by atoms with Gasteiger partial charge in [-0.25, -0.2) is 9.78 Å². The predicted molar refractivity (Wildman–Crippen MR) is 121 cm³/mol. The molecule has 5 heteroatoms. The lowest BCUT2D eigenvalue weighted by molar-refractivity contribution is 0.218. The number of carbonyl (C=O) groups excluding carboxylic acids is 1. The van der Waals surface area contributed by atoms with Gasteiger partial charge in [0.15, 0.2) is 0 Å². The first-order chi connectivity index (χ1) is 14.6. The highest BCUT2D eigenvalue weighted by atomic mass is 16.5. The van der Waals surface area contributed by atoms with Crippen molar-refractivity contribution in [1.29, 1.82) is 0 Å². The third kappa shape index (κ3) is 4.40. The van der Waals surface area contributed by atoms with E-state index in [9.17, 15) is 4.79 Å². The summed E-state index contributed by atoms with van der Waals surface area (Å²) in [5.74, 6) is 2.31. The van der Waals surface area contributed by atoms with Crippen LogP contribution in [0.5, 0.6) is 5.75 Å². The molecule has 1 aliphatic heterocycles. The molecule has 2 fully saturated rings. The molecule has 1 saturated heterocycles. The van der Waals surface area contributed by atoms with E-state index in [1.54, 1.807) is 4.90 Å². The van der Waals surface area contributed by atoms with E-state index < -0.39 is 0 Å². The van der Waals surface area contributed by atoms with E-state index >= 15 is 0 Å². The van der Waals surface area contributed by atoms with E-state index in [4.69, 9.17) is 9.72 Å². The Hall–Kier alpha value is -3.08. The van der Waals surface area contributed by atoms with Crippen molar-refractivity contribution in [2.24, 2.45) is 5.92 Å². The fourth-order valence-electron chi connectivity index (χ4n) is 3.78. The molecule has 0 radical (unpaired) electrons. The number of benzene rings is 1. The molecule has 1 saturated carbocycles. The van der Waals surface area contributed by atoms with Crippen molar-refractivity contribution in [3.8, 4) is 5.75 Å². The Morgan fingerprint density at radius 2 is 2.10 bits per heavy atom.